The van der Waals surface area contributed by atoms with E-state index in [0.29, 0.717) is 165 Å². The van der Waals surface area contributed by atoms with Gasteiger partial charge in [-0.25, -0.2) is 8.42 Å². The highest BCUT2D eigenvalue weighted by atomic mass is 32.2. The molecule has 718 valence electrons. The number of esters is 3. The molecule has 0 aromatic rings. The summed E-state index contributed by atoms with van der Waals surface area (Å²) >= 11 is 0. The zero-order chi connectivity index (χ0) is 87.5. The maximum Gasteiger partial charge on any atom is 0.308 e. The second kappa shape index (κ2) is 85.3. The summed E-state index contributed by atoms with van der Waals surface area (Å²) in [6, 6.07) is 0. The van der Waals surface area contributed by atoms with Crippen LogP contribution >= 0.6 is 0 Å². The molecule has 0 aromatic heterocycles. The molecular weight excluding hydrogens is 1610 g/mol. The minimum atomic E-state index is -2.76. The van der Waals surface area contributed by atoms with Gasteiger partial charge in [0.1, 0.15) is 33.4 Å². The molecule has 1 aliphatic carbocycles. The van der Waals surface area contributed by atoms with Gasteiger partial charge in [0, 0.05) is 193 Å². The lowest BCUT2D eigenvalue weighted by molar-refractivity contribution is -0.183. The first-order chi connectivity index (χ1) is 59.3. The summed E-state index contributed by atoms with van der Waals surface area (Å²) in [5, 5.41) is 3.28. The lowest BCUT2D eigenvalue weighted by Gasteiger charge is -2.27. The van der Waals surface area contributed by atoms with Crippen LogP contribution in [0.5, 0.6) is 0 Å². The number of hydrogen-bond acceptors (Lipinski definition) is 38. The van der Waals surface area contributed by atoms with E-state index in [2.05, 4.69) is 39.6 Å². The van der Waals surface area contributed by atoms with E-state index in [0.717, 1.165) is 223 Å². The minimum absolute atomic E-state index is 0.0192. The lowest BCUT2D eigenvalue weighted by atomic mass is 10.1. The summed E-state index contributed by atoms with van der Waals surface area (Å²) < 4.78 is 153. The highest BCUT2D eigenvalue weighted by Crippen LogP contribution is 2.25. The molecule has 9 rings (SSSR count). The molecule has 121 heavy (non-hydrogen) atoms. The third-order valence-corrected chi connectivity index (χ3v) is 21.1. The number of hydrogen-bond donors (Lipinski definition) is 1. The molecule has 8 aliphatic heterocycles. The van der Waals surface area contributed by atoms with E-state index in [1.807, 2.05) is 0 Å². The number of nitrogens with one attached hydrogen (secondary N) is 1. The largest absolute Gasteiger partial charge is 0.465 e. The Morgan fingerprint density at radius 3 is 0.992 bits per heavy atom. The van der Waals surface area contributed by atoms with Gasteiger partial charge in [0.2, 0.25) is 0 Å². The van der Waals surface area contributed by atoms with Crippen LogP contribution in [-0.2, 0) is 143 Å². The SMILES string of the molecule is C1CCNCC1.CC(=O)OCCN1CCOCC1.CCC(=O)OCCN1CCOCC1.COCCOCC(OCCOC)OCCN1CCOCC1.COCCOCCOCC(OCCOCCOC)OCCN1CCOCC1.COCOCCN1CCOCC1.COCOCCN1CCS(=O)(=O)CC1.O=C(OCCN1CCOCC1)C1CCCC1. The Hall–Kier alpha value is -2.84. The van der Waals surface area contributed by atoms with Crippen LogP contribution < -0.4 is 5.32 Å². The number of methoxy groups -OCH3 is 6. The van der Waals surface area contributed by atoms with Gasteiger partial charge in [0.05, 0.1) is 216 Å². The summed E-state index contributed by atoms with van der Waals surface area (Å²) in [7, 11) is 7.04. The van der Waals surface area contributed by atoms with E-state index in [1.165, 1.54) is 52.1 Å². The molecule has 0 amide bonds. The smallest absolute Gasteiger partial charge is 0.308 e. The predicted octanol–water partition coefficient (Wildman–Crippen LogP) is 1.25. The fourth-order valence-corrected chi connectivity index (χ4v) is 13.5. The van der Waals surface area contributed by atoms with E-state index in [9.17, 15) is 22.8 Å². The van der Waals surface area contributed by atoms with E-state index >= 15 is 0 Å². The first kappa shape index (κ1) is 114. The molecule has 0 bridgehead atoms. The van der Waals surface area contributed by atoms with E-state index in [1.54, 1.807) is 49.6 Å². The normalized spacial score (nSPS) is 19.6. The molecule has 0 aromatic carbocycles. The number of morpholine rings is 6. The molecule has 0 radical (unpaired) electrons. The second-order valence-electron chi connectivity index (χ2n) is 28.9. The Balaban J connectivity index is 0.000000481. The number of carbonyl (C=O) groups excluding carboxylic acids is 3. The fraction of sp³-hybridized carbons (Fsp3) is 0.963. The van der Waals surface area contributed by atoms with E-state index < -0.39 is 16.1 Å². The molecule has 2 unspecified atom stereocenters. The number of rotatable bonds is 53. The van der Waals surface area contributed by atoms with Gasteiger partial charge in [0.25, 0.3) is 0 Å². The third kappa shape index (κ3) is 72.7. The molecule has 0 spiro atoms. The van der Waals surface area contributed by atoms with Gasteiger partial charge >= 0.3 is 17.9 Å². The van der Waals surface area contributed by atoms with Gasteiger partial charge in [-0.15, -0.1) is 0 Å². The molecular formula is C82H164N8O30S. The Bertz CT molecular complexity index is 2330. The maximum absolute atomic E-state index is 11.6. The van der Waals surface area contributed by atoms with Crippen molar-refractivity contribution in [2.45, 2.75) is 77.8 Å². The zero-order valence-corrected chi connectivity index (χ0v) is 76.4. The van der Waals surface area contributed by atoms with E-state index in [4.69, 9.17) is 118 Å². The highest BCUT2D eigenvalue weighted by Gasteiger charge is 2.25. The van der Waals surface area contributed by atoms with Crippen LogP contribution in [0.1, 0.15) is 65.2 Å². The summed E-state index contributed by atoms with van der Waals surface area (Å²) in [5.74, 6) is 0.432. The number of piperidine rings is 1. The van der Waals surface area contributed by atoms with Crippen molar-refractivity contribution in [1.29, 1.82) is 0 Å². The van der Waals surface area contributed by atoms with Crippen LogP contribution in [0, 0.1) is 5.92 Å². The quantitative estimate of drug-likeness (QED) is 0.0387. The van der Waals surface area contributed by atoms with Crippen molar-refractivity contribution < 1.29 is 141 Å². The van der Waals surface area contributed by atoms with Gasteiger partial charge in [-0.3, -0.25) is 48.7 Å². The Morgan fingerprint density at radius 2 is 0.645 bits per heavy atom. The van der Waals surface area contributed by atoms with Crippen molar-refractivity contribution in [2.75, 3.05) is 436 Å². The van der Waals surface area contributed by atoms with Crippen LogP contribution in [0.4, 0.5) is 0 Å². The zero-order valence-electron chi connectivity index (χ0n) is 75.6. The van der Waals surface area contributed by atoms with Gasteiger partial charge < -0.3 is 124 Å². The average Bonchev–Trinajstić information content (AvgIpc) is 1.43. The van der Waals surface area contributed by atoms with E-state index in [-0.39, 0.29) is 41.6 Å². The average molecular weight is 1770 g/mol. The molecule has 8 heterocycles. The summed E-state index contributed by atoms with van der Waals surface area (Å²) in [5.41, 5.74) is 0. The highest BCUT2D eigenvalue weighted by molar-refractivity contribution is 7.91. The molecule has 39 heteroatoms. The van der Waals surface area contributed by atoms with Gasteiger partial charge in [0.15, 0.2) is 22.4 Å². The summed E-state index contributed by atoms with van der Waals surface area (Å²) in [6.45, 7) is 46.1. The fourth-order valence-electron chi connectivity index (χ4n) is 12.2. The van der Waals surface area contributed by atoms with Crippen LogP contribution in [0.15, 0.2) is 0 Å². The molecule has 8 saturated heterocycles. The number of ether oxygens (including phenoxy) is 25. The molecule has 9 fully saturated rings. The molecule has 38 nitrogen and oxygen atoms in total. The standard InChI is InChI=1S/C18H37NO8.C14H29NO6.C12H21NO3.C9H17NO3.C8H17NO4S.C8H17NO3.C8H15NO3.C5H11N/c1-20-9-11-23-13-14-25-17-18(27-16-15-24-12-10-21-2)26-8-5-19-3-6-22-7-4-19;1-16-9-11-19-13-14(21-12-10-17-2)20-8-5-15-3-6-18-7-4-15;14-12(11-3-1-2-4-11)16-10-7-13-5-8-15-9-6-13;1-2-9(11)13-8-5-10-3-6-12-7-4-10;1-12-8-13-5-2-9-3-6-14(10,11)7-4-9;1-10-8-12-7-4-9-2-5-11-6-3-9;1-8(10)12-7-4-9-2-5-11-6-3-9;1-2-4-6-5-3-1/h18H,3-17H2,1-2H3;14H,3-13H2,1-2H3;11H,1-10H2;2-8H2,1H3;2-8H2,1H3;2-8H2,1H3;2-7H2,1H3;6H,1-5H2. The van der Waals surface area contributed by atoms with Crippen molar-refractivity contribution in [3.63, 3.8) is 0 Å². The number of carbonyl (C=O) groups is 3. The van der Waals surface area contributed by atoms with Crippen molar-refractivity contribution in [2.24, 2.45) is 5.92 Å². The van der Waals surface area contributed by atoms with Crippen molar-refractivity contribution in [3.05, 3.63) is 0 Å². The van der Waals surface area contributed by atoms with Crippen molar-refractivity contribution in [3.8, 4) is 0 Å². The predicted molar refractivity (Wildman–Crippen MR) is 454 cm³/mol. The van der Waals surface area contributed by atoms with Crippen molar-refractivity contribution >= 4 is 27.7 Å². The third-order valence-electron chi connectivity index (χ3n) is 19.5. The van der Waals surface area contributed by atoms with Crippen LogP contribution in [-0.4, -0.2) is 510 Å². The Morgan fingerprint density at radius 1 is 0.339 bits per heavy atom. The number of nitrogens with zero attached hydrogens (tertiary/aromatic N) is 7. The summed E-state index contributed by atoms with van der Waals surface area (Å²) in [6.07, 6.45) is 8.31. The lowest BCUT2D eigenvalue weighted by Crippen LogP contribution is -2.41. The summed E-state index contributed by atoms with van der Waals surface area (Å²) in [4.78, 5) is 48.6. The Labute approximate surface area is 725 Å². The first-order valence-electron chi connectivity index (χ1n) is 44.0. The van der Waals surface area contributed by atoms with Crippen molar-refractivity contribution in [1.82, 2.24) is 39.6 Å². The molecule has 1 saturated carbocycles. The molecule has 2 atom stereocenters. The van der Waals surface area contributed by atoms with Crippen LogP contribution in [0.25, 0.3) is 0 Å². The Kier molecular flexibility index (Phi) is 80.5. The molecule has 1 N–H and O–H groups in total. The topological polar surface area (TPSA) is 351 Å². The maximum atomic E-state index is 11.6. The van der Waals surface area contributed by atoms with Crippen LogP contribution in [0.2, 0.25) is 0 Å². The first-order valence-corrected chi connectivity index (χ1v) is 45.9. The van der Waals surface area contributed by atoms with Crippen LogP contribution in [0.3, 0.4) is 0 Å². The monoisotopic (exact) mass is 1770 g/mol. The second-order valence-corrected chi connectivity index (χ2v) is 31.2. The van der Waals surface area contributed by atoms with Gasteiger partial charge in [-0.05, 0) is 38.8 Å². The van der Waals surface area contributed by atoms with Gasteiger partial charge in [-0.1, -0.05) is 26.2 Å². The minimum Gasteiger partial charge on any atom is -0.465 e. The number of sulfone groups is 1. The van der Waals surface area contributed by atoms with Gasteiger partial charge in [-0.2, -0.15) is 0 Å². The molecule has 9 aliphatic rings.